The number of carbonyl (C=O) groups excluding carboxylic acids is 2. The third kappa shape index (κ3) is 3.72. The van der Waals surface area contributed by atoms with E-state index in [9.17, 15) is 9.59 Å². The maximum atomic E-state index is 12.2. The van der Waals surface area contributed by atoms with Crippen molar-refractivity contribution in [1.29, 1.82) is 0 Å². The van der Waals surface area contributed by atoms with E-state index in [2.05, 4.69) is 6.92 Å². The minimum Gasteiger partial charge on any atom is -0.465 e. The van der Waals surface area contributed by atoms with Gasteiger partial charge in [0.15, 0.2) is 0 Å². The average molecular weight is 241 g/mol. The summed E-state index contributed by atoms with van der Waals surface area (Å²) < 4.78 is 4.88. The molecule has 1 amide bonds. The maximum absolute atomic E-state index is 12.2. The topological polar surface area (TPSA) is 46.6 Å². The maximum Gasteiger partial charge on any atom is 0.325 e. The minimum absolute atomic E-state index is 0.0897. The number of likely N-dealkylation sites (N-methyl/N-ethyl adjacent to an activating group) is 1. The highest BCUT2D eigenvalue weighted by atomic mass is 16.5. The van der Waals surface area contributed by atoms with Crippen LogP contribution in [0.5, 0.6) is 0 Å². The fraction of sp³-hybridized carbons (Fsp3) is 0.846. The van der Waals surface area contributed by atoms with Crippen molar-refractivity contribution < 1.29 is 14.3 Å². The highest BCUT2D eigenvalue weighted by molar-refractivity contribution is 5.84. The van der Waals surface area contributed by atoms with E-state index in [1.807, 2.05) is 6.92 Å². The fourth-order valence-corrected chi connectivity index (χ4v) is 2.45. The Kier molecular flexibility index (Phi) is 5.45. The van der Waals surface area contributed by atoms with Crippen LogP contribution in [0, 0.1) is 11.8 Å². The van der Waals surface area contributed by atoms with Crippen LogP contribution < -0.4 is 0 Å². The average Bonchev–Trinajstić information content (AvgIpc) is 2.72. The Hall–Kier alpha value is -1.06. The summed E-state index contributed by atoms with van der Waals surface area (Å²) >= 11 is 0. The van der Waals surface area contributed by atoms with E-state index < -0.39 is 0 Å². The van der Waals surface area contributed by atoms with Crippen molar-refractivity contribution in [3.8, 4) is 0 Å². The van der Waals surface area contributed by atoms with E-state index in [-0.39, 0.29) is 24.3 Å². The molecule has 0 heterocycles. The Bertz CT molecular complexity index is 278. The Morgan fingerprint density at radius 3 is 2.47 bits per heavy atom. The third-order valence-corrected chi connectivity index (χ3v) is 3.50. The van der Waals surface area contributed by atoms with Crippen LogP contribution in [0.3, 0.4) is 0 Å². The van der Waals surface area contributed by atoms with E-state index in [0.717, 1.165) is 19.3 Å². The van der Waals surface area contributed by atoms with Gasteiger partial charge in [0.2, 0.25) is 5.91 Å². The molecule has 1 rings (SSSR count). The summed E-state index contributed by atoms with van der Waals surface area (Å²) in [6, 6.07) is 0. The van der Waals surface area contributed by atoms with Crippen LogP contribution in [0.4, 0.5) is 0 Å². The number of amides is 1. The number of ether oxygens (including phenoxy) is 1. The van der Waals surface area contributed by atoms with Crippen molar-refractivity contribution in [2.24, 2.45) is 11.8 Å². The number of hydrogen-bond donors (Lipinski definition) is 0. The molecule has 98 valence electrons. The number of hydrogen-bond acceptors (Lipinski definition) is 3. The zero-order chi connectivity index (χ0) is 12.8. The molecule has 4 heteroatoms. The van der Waals surface area contributed by atoms with E-state index >= 15 is 0 Å². The van der Waals surface area contributed by atoms with Gasteiger partial charge in [0.1, 0.15) is 6.54 Å². The second-order valence-corrected chi connectivity index (χ2v) is 4.67. The van der Waals surface area contributed by atoms with Crippen molar-refractivity contribution in [3.63, 3.8) is 0 Å². The molecule has 1 aliphatic carbocycles. The molecule has 0 aliphatic heterocycles. The zero-order valence-electron chi connectivity index (χ0n) is 11.1. The van der Waals surface area contributed by atoms with Crippen LogP contribution >= 0.6 is 0 Å². The van der Waals surface area contributed by atoms with Gasteiger partial charge in [0.05, 0.1) is 6.61 Å². The molecular weight excluding hydrogens is 218 g/mol. The summed E-state index contributed by atoms with van der Waals surface area (Å²) in [5, 5.41) is 0. The van der Waals surface area contributed by atoms with Crippen molar-refractivity contribution in [1.82, 2.24) is 4.90 Å². The van der Waals surface area contributed by atoms with Gasteiger partial charge in [-0.15, -0.1) is 0 Å². The predicted molar refractivity (Wildman–Crippen MR) is 65.4 cm³/mol. The van der Waals surface area contributed by atoms with Gasteiger partial charge in [0.25, 0.3) is 0 Å². The SMILES string of the molecule is CCOC(=O)CN(CC)C(=O)C1CCCC1C. The van der Waals surface area contributed by atoms with Crippen LogP contribution in [0.25, 0.3) is 0 Å². The molecule has 0 spiro atoms. The van der Waals surface area contributed by atoms with Gasteiger partial charge in [0, 0.05) is 12.5 Å². The molecule has 0 aromatic rings. The first-order valence-corrected chi connectivity index (χ1v) is 6.54. The molecule has 2 unspecified atom stereocenters. The summed E-state index contributed by atoms with van der Waals surface area (Å²) in [6.07, 6.45) is 3.20. The van der Waals surface area contributed by atoms with Crippen molar-refractivity contribution in [3.05, 3.63) is 0 Å². The number of nitrogens with zero attached hydrogens (tertiary/aromatic N) is 1. The first-order chi connectivity index (χ1) is 8.10. The van der Waals surface area contributed by atoms with Gasteiger partial charge < -0.3 is 9.64 Å². The molecule has 2 atom stereocenters. The highest BCUT2D eigenvalue weighted by Crippen LogP contribution is 2.32. The van der Waals surface area contributed by atoms with Crippen LogP contribution in [0.15, 0.2) is 0 Å². The summed E-state index contributed by atoms with van der Waals surface area (Å²) in [5.41, 5.74) is 0. The molecule has 0 radical (unpaired) electrons. The molecule has 1 fully saturated rings. The van der Waals surface area contributed by atoms with E-state index in [1.165, 1.54) is 0 Å². The first kappa shape index (κ1) is 14.0. The summed E-state index contributed by atoms with van der Waals surface area (Å²) in [6.45, 7) is 6.82. The standard InChI is InChI=1S/C13H23NO3/c1-4-14(9-12(15)17-5-2)13(16)11-8-6-7-10(11)3/h10-11H,4-9H2,1-3H3. The van der Waals surface area contributed by atoms with Gasteiger partial charge >= 0.3 is 5.97 Å². The van der Waals surface area contributed by atoms with E-state index in [0.29, 0.717) is 19.1 Å². The second-order valence-electron chi connectivity index (χ2n) is 4.67. The molecule has 4 nitrogen and oxygen atoms in total. The molecular formula is C13H23NO3. The second kappa shape index (κ2) is 6.62. The number of rotatable bonds is 5. The smallest absolute Gasteiger partial charge is 0.325 e. The van der Waals surface area contributed by atoms with Gasteiger partial charge in [-0.25, -0.2) is 0 Å². The molecule has 0 saturated heterocycles. The Morgan fingerprint density at radius 2 is 2.00 bits per heavy atom. The monoisotopic (exact) mass is 241 g/mol. The van der Waals surface area contributed by atoms with Gasteiger partial charge in [-0.2, -0.15) is 0 Å². The molecule has 1 saturated carbocycles. The lowest BCUT2D eigenvalue weighted by molar-refractivity contribution is -0.150. The van der Waals surface area contributed by atoms with Crippen molar-refractivity contribution in [2.75, 3.05) is 19.7 Å². The largest absolute Gasteiger partial charge is 0.465 e. The molecule has 0 aromatic carbocycles. The number of esters is 1. The van der Waals surface area contributed by atoms with Crippen LogP contribution in [0.1, 0.15) is 40.0 Å². The Balaban J connectivity index is 2.54. The summed E-state index contributed by atoms with van der Waals surface area (Å²) in [5.74, 6) is 0.349. The third-order valence-electron chi connectivity index (χ3n) is 3.50. The lowest BCUT2D eigenvalue weighted by Gasteiger charge is -2.25. The van der Waals surface area contributed by atoms with Crippen molar-refractivity contribution >= 4 is 11.9 Å². The summed E-state index contributed by atoms with van der Waals surface area (Å²) in [7, 11) is 0. The first-order valence-electron chi connectivity index (χ1n) is 6.54. The Morgan fingerprint density at radius 1 is 1.29 bits per heavy atom. The van der Waals surface area contributed by atoms with Crippen molar-refractivity contribution in [2.45, 2.75) is 40.0 Å². The molecule has 17 heavy (non-hydrogen) atoms. The lowest BCUT2D eigenvalue weighted by atomic mass is 9.96. The van der Waals surface area contributed by atoms with Crippen LogP contribution in [0.2, 0.25) is 0 Å². The van der Waals surface area contributed by atoms with Gasteiger partial charge in [-0.05, 0) is 32.6 Å². The molecule has 0 bridgehead atoms. The predicted octanol–water partition coefficient (Wildman–Crippen LogP) is 1.83. The van der Waals surface area contributed by atoms with Crippen LogP contribution in [-0.2, 0) is 14.3 Å². The molecule has 0 aromatic heterocycles. The van der Waals surface area contributed by atoms with E-state index in [4.69, 9.17) is 4.74 Å². The normalized spacial score (nSPS) is 23.5. The quantitative estimate of drug-likeness (QED) is 0.690. The number of carbonyl (C=O) groups is 2. The Labute approximate surface area is 103 Å². The lowest BCUT2D eigenvalue weighted by Crippen LogP contribution is -2.40. The minimum atomic E-state index is -0.312. The molecule has 1 aliphatic rings. The van der Waals surface area contributed by atoms with Gasteiger partial charge in [-0.1, -0.05) is 13.3 Å². The molecule has 0 N–H and O–H groups in total. The summed E-state index contributed by atoms with van der Waals surface area (Å²) in [4.78, 5) is 25.3. The van der Waals surface area contributed by atoms with E-state index in [1.54, 1.807) is 11.8 Å². The highest BCUT2D eigenvalue weighted by Gasteiger charge is 2.33. The fourth-order valence-electron chi connectivity index (χ4n) is 2.45. The van der Waals surface area contributed by atoms with Crippen LogP contribution in [-0.4, -0.2) is 36.5 Å². The zero-order valence-corrected chi connectivity index (χ0v) is 11.1. The van der Waals surface area contributed by atoms with Gasteiger partial charge in [-0.3, -0.25) is 9.59 Å².